The van der Waals surface area contributed by atoms with Crippen LogP contribution in [0.2, 0.25) is 0 Å². The van der Waals surface area contributed by atoms with Crippen molar-refractivity contribution in [3.8, 4) is 11.5 Å². The molecule has 4 heteroatoms. The van der Waals surface area contributed by atoms with Crippen LogP contribution in [0.1, 0.15) is 11.6 Å². The number of ether oxygens (including phenoxy) is 1. The van der Waals surface area contributed by atoms with E-state index in [0.717, 1.165) is 5.56 Å². The van der Waals surface area contributed by atoms with Crippen LogP contribution in [-0.2, 0) is 0 Å². The largest absolute Gasteiger partial charge is 0.508 e. The highest BCUT2D eigenvalue weighted by Gasteiger charge is 2.08. The molecule has 0 heterocycles. The Kier molecular flexibility index (Phi) is 3.79. The van der Waals surface area contributed by atoms with E-state index in [2.05, 4.69) is 0 Å². The molecular formula is C14H14FNO2. The van der Waals surface area contributed by atoms with Gasteiger partial charge in [0.1, 0.15) is 12.4 Å². The van der Waals surface area contributed by atoms with Gasteiger partial charge in [-0.25, -0.2) is 4.39 Å². The van der Waals surface area contributed by atoms with Gasteiger partial charge in [0, 0.05) is 0 Å². The maximum Gasteiger partial charge on any atom is 0.165 e. The predicted molar refractivity (Wildman–Crippen MR) is 66.9 cm³/mol. The number of aromatic hydroxyl groups is 1. The van der Waals surface area contributed by atoms with Crippen molar-refractivity contribution in [3.05, 3.63) is 59.9 Å². The Hall–Kier alpha value is -2.07. The van der Waals surface area contributed by atoms with E-state index < -0.39 is 5.82 Å². The highest BCUT2D eigenvalue weighted by atomic mass is 19.1. The Balaban J connectivity index is 1.98. The third-order valence-electron chi connectivity index (χ3n) is 2.58. The van der Waals surface area contributed by atoms with Crippen LogP contribution in [0.4, 0.5) is 4.39 Å². The van der Waals surface area contributed by atoms with E-state index in [-0.39, 0.29) is 24.1 Å². The molecule has 3 N–H and O–H groups in total. The van der Waals surface area contributed by atoms with Crippen LogP contribution in [-0.4, -0.2) is 11.7 Å². The molecule has 1 atom stereocenters. The number of hydrogen-bond donors (Lipinski definition) is 2. The molecule has 18 heavy (non-hydrogen) atoms. The van der Waals surface area contributed by atoms with E-state index in [9.17, 15) is 4.39 Å². The lowest BCUT2D eigenvalue weighted by molar-refractivity contribution is 0.277. The maximum absolute atomic E-state index is 13.3. The molecule has 2 aromatic rings. The second-order valence-electron chi connectivity index (χ2n) is 3.94. The lowest BCUT2D eigenvalue weighted by Gasteiger charge is -2.14. The van der Waals surface area contributed by atoms with Crippen molar-refractivity contribution in [2.24, 2.45) is 5.73 Å². The summed E-state index contributed by atoms with van der Waals surface area (Å²) >= 11 is 0. The molecule has 0 aliphatic heterocycles. The van der Waals surface area contributed by atoms with Gasteiger partial charge in [-0.05, 0) is 29.8 Å². The van der Waals surface area contributed by atoms with Gasteiger partial charge in [-0.2, -0.15) is 0 Å². The number of hydrogen-bond acceptors (Lipinski definition) is 3. The second-order valence-corrected chi connectivity index (χ2v) is 3.94. The van der Waals surface area contributed by atoms with E-state index in [1.54, 1.807) is 42.5 Å². The fraction of sp³-hybridized carbons (Fsp3) is 0.143. The first-order valence-corrected chi connectivity index (χ1v) is 5.58. The zero-order valence-electron chi connectivity index (χ0n) is 9.71. The van der Waals surface area contributed by atoms with Crippen LogP contribution in [0.5, 0.6) is 11.5 Å². The van der Waals surface area contributed by atoms with Gasteiger partial charge >= 0.3 is 0 Å². The average molecular weight is 247 g/mol. The normalized spacial score (nSPS) is 12.1. The molecule has 0 bridgehead atoms. The van der Waals surface area contributed by atoms with Crippen LogP contribution in [0.3, 0.4) is 0 Å². The summed E-state index contributed by atoms with van der Waals surface area (Å²) in [7, 11) is 0. The van der Waals surface area contributed by atoms with E-state index in [0.29, 0.717) is 0 Å². The topological polar surface area (TPSA) is 55.5 Å². The highest BCUT2D eigenvalue weighted by molar-refractivity contribution is 5.28. The molecule has 0 aromatic heterocycles. The minimum absolute atomic E-state index is 0.172. The third kappa shape index (κ3) is 2.99. The van der Waals surface area contributed by atoms with Crippen molar-refractivity contribution in [3.63, 3.8) is 0 Å². The zero-order chi connectivity index (χ0) is 13.0. The number of rotatable bonds is 4. The second kappa shape index (κ2) is 5.51. The standard InChI is InChI=1S/C14H14FNO2/c15-12-3-1-2-4-14(12)18-9-13(16)10-5-7-11(17)8-6-10/h1-8,13,17H,9,16H2. The molecule has 0 amide bonds. The summed E-state index contributed by atoms with van der Waals surface area (Å²) in [4.78, 5) is 0. The molecule has 94 valence electrons. The molecular weight excluding hydrogens is 233 g/mol. The molecule has 0 saturated carbocycles. The van der Waals surface area contributed by atoms with E-state index in [1.165, 1.54) is 6.07 Å². The van der Waals surface area contributed by atoms with Crippen molar-refractivity contribution in [1.29, 1.82) is 0 Å². The minimum atomic E-state index is -0.407. The maximum atomic E-state index is 13.3. The van der Waals surface area contributed by atoms with Gasteiger partial charge in [0.05, 0.1) is 6.04 Å². The Labute approximate surface area is 105 Å². The molecule has 0 aliphatic rings. The molecule has 2 rings (SSSR count). The Morgan fingerprint density at radius 3 is 2.44 bits per heavy atom. The van der Waals surface area contributed by atoms with Gasteiger partial charge in [-0.15, -0.1) is 0 Å². The van der Waals surface area contributed by atoms with Crippen molar-refractivity contribution in [2.45, 2.75) is 6.04 Å². The number of halogens is 1. The van der Waals surface area contributed by atoms with Crippen LogP contribution in [0.15, 0.2) is 48.5 Å². The summed E-state index contributed by atoms with van der Waals surface area (Å²) in [6, 6.07) is 12.4. The summed E-state index contributed by atoms with van der Waals surface area (Å²) in [5, 5.41) is 9.16. The van der Waals surface area contributed by atoms with Crippen molar-refractivity contribution in [2.75, 3.05) is 6.61 Å². The van der Waals surface area contributed by atoms with E-state index >= 15 is 0 Å². The molecule has 0 fully saturated rings. The summed E-state index contributed by atoms with van der Waals surface area (Å²) in [5.41, 5.74) is 6.74. The SMILES string of the molecule is NC(COc1ccccc1F)c1ccc(O)cc1. The predicted octanol–water partition coefficient (Wildman–Crippen LogP) is 2.61. The summed E-state index contributed by atoms with van der Waals surface area (Å²) in [5.74, 6) is -0.0388. The van der Waals surface area contributed by atoms with Gasteiger partial charge in [-0.3, -0.25) is 0 Å². The molecule has 0 aliphatic carbocycles. The number of phenolic OH excluding ortho intramolecular Hbond substituents is 1. The number of para-hydroxylation sites is 1. The van der Waals surface area contributed by atoms with Crippen LogP contribution >= 0.6 is 0 Å². The molecule has 1 unspecified atom stereocenters. The number of nitrogens with two attached hydrogens (primary N) is 1. The average Bonchev–Trinajstić information content (AvgIpc) is 2.38. The fourth-order valence-corrected chi connectivity index (χ4v) is 1.56. The van der Waals surface area contributed by atoms with E-state index in [4.69, 9.17) is 15.6 Å². The number of benzene rings is 2. The lowest BCUT2D eigenvalue weighted by Crippen LogP contribution is -2.19. The Morgan fingerprint density at radius 1 is 1.11 bits per heavy atom. The fourth-order valence-electron chi connectivity index (χ4n) is 1.56. The van der Waals surface area contributed by atoms with Gasteiger partial charge in [0.25, 0.3) is 0 Å². The van der Waals surface area contributed by atoms with Gasteiger partial charge in [-0.1, -0.05) is 24.3 Å². The molecule has 2 aromatic carbocycles. The smallest absolute Gasteiger partial charge is 0.165 e. The van der Waals surface area contributed by atoms with Crippen LogP contribution in [0.25, 0.3) is 0 Å². The summed E-state index contributed by atoms with van der Waals surface area (Å²) in [6.07, 6.45) is 0. The highest BCUT2D eigenvalue weighted by Crippen LogP contribution is 2.19. The minimum Gasteiger partial charge on any atom is -0.508 e. The molecule has 0 spiro atoms. The molecule has 3 nitrogen and oxygen atoms in total. The van der Waals surface area contributed by atoms with Crippen molar-refractivity contribution in [1.82, 2.24) is 0 Å². The monoisotopic (exact) mass is 247 g/mol. The number of phenols is 1. The lowest BCUT2D eigenvalue weighted by atomic mass is 10.1. The Bertz CT molecular complexity index is 513. The van der Waals surface area contributed by atoms with Gasteiger partial charge in [0.15, 0.2) is 11.6 Å². The summed E-state index contributed by atoms with van der Waals surface area (Å²) in [6.45, 7) is 0.172. The third-order valence-corrected chi connectivity index (χ3v) is 2.58. The molecule has 0 saturated heterocycles. The van der Waals surface area contributed by atoms with Crippen molar-refractivity contribution < 1.29 is 14.2 Å². The Morgan fingerprint density at radius 2 is 1.78 bits per heavy atom. The molecule has 0 radical (unpaired) electrons. The van der Waals surface area contributed by atoms with Crippen molar-refractivity contribution >= 4 is 0 Å². The van der Waals surface area contributed by atoms with Crippen LogP contribution in [0, 0.1) is 5.82 Å². The van der Waals surface area contributed by atoms with E-state index in [1.807, 2.05) is 0 Å². The van der Waals surface area contributed by atoms with Crippen LogP contribution < -0.4 is 10.5 Å². The van der Waals surface area contributed by atoms with Gasteiger partial charge in [0.2, 0.25) is 0 Å². The quantitative estimate of drug-likeness (QED) is 0.873. The summed E-state index contributed by atoms with van der Waals surface area (Å²) < 4.78 is 18.6. The first-order chi connectivity index (χ1) is 8.66. The first kappa shape index (κ1) is 12.4. The first-order valence-electron chi connectivity index (χ1n) is 5.58. The van der Waals surface area contributed by atoms with Gasteiger partial charge < -0.3 is 15.6 Å². The zero-order valence-corrected chi connectivity index (χ0v) is 9.71.